The number of hydrogen-bond donors (Lipinski definition) is 2. The van der Waals surface area contributed by atoms with Crippen molar-refractivity contribution in [1.29, 1.82) is 0 Å². The van der Waals surface area contributed by atoms with E-state index in [9.17, 15) is 5.11 Å². The van der Waals surface area contributed by atoms with Gasteiger partial charge in [0.2, 0.25) is 0 Å². The average molecular weight is 219 g/mol. The average Bonchev–Trinajstić information content (AvgIpc) is 2.69. The van der Waals surface area contributed by atoms with Crippen molar-refractivity contribution in [3.63, 3.8) is 0 Å². The van der Waals surface area contributed by atoms with Gasteiger partial charge in [-0.05, 0) is 49.4 Å². The predicted molar refractivity (Wildman–Crippen MR) is 67.9 cm³/mol. The molecular weight excluding hydrogens is 198 g/mol. The van der Waals surface area contributed by atoms with Crippen LogP contribution in [0.2, 0.25) is 0 Å². The number of nitrogens with one attached hydrogen (secondary N) is 1. The number of rotatable bonds is 3. The van der Waals surface area contributed by atoms with Crippen LogP contribution in [0, 0.1) is 12.8 Å². The molecule has 0 heterocycles. The first-order valence-corrected chi connectivity index (χ1v) is 6.27. The normalized spacial score (nSPS) is 24.6. The third-order valence-electron chi connectivity index (χ3n) is 3.73. The van der Waals surface area contributed by atoms with E-state index in [0.717, 1.165) is 11.5 Å². The maximum absolute atomic E-state index is 9.37. The lowest BCUT2D eigenvalue weighted by Gasteiger charge is -2.22. The molecule has 2 atom stereocenters. The summed E-state index contributed by atoms with van der Waals surface area (Å²) in [6, 6.07) is 6.17. The second kappa shape index (κ2) is 4.77. The molecule has 1 saturated carbocycles. The number of hydrogen-bond acceptors (Lipinski definition) is 2. The third-order valence-corrected chi connectivity index (χ3v) is 3.73. The summed E-state index contributed by atoms with van der Waals surface area (Å²) in [6.07, 6.45) is 5.23. The van der Waals surface area contributed by atoms with Gasteiger partial charge in [-0.25, -0.2) is 0 Å². The highest BCUT2D eigenvalue weighted by molar-refractivity contribution is 5.54. The Labute approximate surface area is 97.7 Å². The molecule has 1 fully saturated rings. The van der Waals surface area contributed by atoms with Gasteiger partial charge in [-0.1, -0.05) is 19.8 Å². The van der Waals surface area contributed by atoms with Crippen LogP contribution < -0.4 is 5.32 Å². The monoisotopic (exact) mass is 219 g/mol. The zero-order chi connectivity index (χ0) is 11.5. The summed E-state index contributed by atoms with van der Waals surface area (Å²) >= 11 is 0. The van der Waals surface area contributed by atoms with E-state index in [1.807, 2.05) is 19.1 Å². The van der Waals surface area contributed by atoms with Crippen molar-refractivity contribution >= 4 is 5.69 Å². The lowest BCUT2D eigenvalue weighted by molar-refractivity contribution is 0.474. The molecule has 0 bridgehead atoms. The molecule has 0 saturated heterocycles. The molecule has 0 aromatic heterocycles. The fourth-order valence-electron chi connectivity index (χ4n) is 2.73. The molecule has 2 nitrogen and oxygen atoms in total. The van der Waals surface area contributed by atoms with E-state index in [1.54, 1.807) is 6.07 Å². The number of aryl methyl sites for hydroxylation is 1. The van der Waals surface area contributed by atoms with Gasteiger partial charge in [-0.2, -0.15) is 0 Å². The van der Waals surface area contributed by atoms with Gasteiger partial charge in [0, 0.05) is 11.7 Å². The minimum atomic E-state index is 0.349. The summed E-state index contributed by atoms with van der Waals surface area (Å²) in [5.74, 6) is 1.16. The molecular formula is C14H21NO. The van der Waals surface area contributed by atoms with Crippen LogP contribution in [0.3, 0.4) is 0 Å². The van der Waals surface area contributed by atoms with Crippen molar-refractivity contribution < 1.29 is 5.11 Å². The molecule has 2 unspecified atom stereocenters. The van der Waals surface area contributed by atoms with E-state index in [-0.39, 0.29) is 0 Å². The minimum absolute atomic E-state index is 0.349. The first-order chi connectivity index (χ1) is 7.70. The minimum Gasteiger partial charge on any atom is -0.508 e. The Morgan fingerprint density at radius 3 is 2.88 bits per heavy atom. The molecule has 1 aromatic rings. The Hall–Kier alpha value is -1.18. The summed E-state index contributed by atoms with van der Waals surface area (Å²) < 4.78 is 0. The lowest BCUT2D eigenvalue weighted by Crippen LogP contribution is -2.23. The summed E-state index contributed by atoms with van der Waals surface area (Å²) in [6.45, 7) is 4.31. The highest BCUT2D eigenvalue weighted by Crippen LogP contribution is 2.32. The maximum Gasteiger partial charge on any atom is 0.115 e. The van der Waals surface area contributed by atoms with Crippen molar-refractivity contribution in [3.8, 4) is 5.75 Å². The standard InChI is InChI=1S/C14H21NO/c1-3-11-5-4-6-14(11)15-13-8-7-12(16)9-10(13)2/h7-9,11,14-16H,3-6H2,1-2H3. The van der Waals surface area contributed by atoms with Gasteiger partial charge in [-0.3, -0.25) is 0 Å². The van der Waals surface area contributed by atoms with Crippen molar-refractivity contribution in [2.75, 3.05) is 5.32 Å². The second-order valence-corrected chi connectivity index (χ2v) is 4.85. The van der Waals surface area contributed by atoms with Gasteiger partial charge in [0.1, 0.15) is 5.75 Å². The summed E-state index contributed by atoms with van der Waals surface area (Å²) in [5, 5.41) is 13.0. The molecule has 0 radical (unpaired) electrons. The third kappa shape index (κ3) is 2.31. The maximum atomic E-state index is 9.37. The van der Waals surface area contributed by atoms with Gasteiger partial charge in [0.05, 0.1) is 0 Å². The topological polar surface area (TPSA) is 32.3 Å². The molecule has 2 heteroatoms. The number of aromatic hydroxyl groups is 1. The van der Waals surface area contributed by atoms with Crippen LogP contribution in [0.15, 0.2) is 18.2 Å². The van der Waals surface area contributed by atoms with E-state index >= 15 is 0 Å². The van der Waals surface area contributed by atoms with Crippen molar-refractivity contribution in [3.05, 3.63) is 23.8 Å². The van der Waals surface area contributed by atoms with Gasteiger partial charge >= 0.3 is 0 Å². The van der Waals surface area contributed by atoms with E-state index in [0.29, 0.717) is 11.8 Å². The number of phenolic OH excluding ortho intramolecular Hbond substituents is 1. The van der Waals surface area contributed by atoms with E-state index in [1.165, 1.54) is 31.4 Å². The summed E-state index contributed by atoms with van der Waals surface area (Å²) in [5.41, 5.74) is 2.30. The predicted octanol–water partition coefficient (Wildman–Crippen LogP) is 3.69. The smallest absolute Gasteiger partial charge is 0.115 e. The SMILES string of the molecule is CCC1CCCC1Nc1ccc(O)cc1C. The van der Waals surface area contributed by atoms with Gasteiger partial charge in [-0.15, -0.1) is 0 Å². The Morgan fingerprint density at radius 1 is 1.38 bits per heavy atom. The first kappa shape index (κ1) is 11.3. The number of benzene rings is 1. The van der Waals surface area contributed by atoms with Crippen LogP contribution >= 0.6 is 0 Å². The fraction of sp³-hybridized carbons (Fsp3) is 0.571. The Morgan fingerprint density at radius 2 is 2.19 bits per heavy atom. The summed E-state index contributed by atoms with van der Waals surface area (Å²) in [7, 11) is 0. The molecule has 1 aromatic carbocycles. The van der Waals surface area contributed by atoms with Crippen molar-refractivity contribution in [2.45, 2.75) is 45.6 Å². The van der Waals surface area contributed by atoms with Crippen molar-refractivity contribution in [1.82, 2.24) is 0 Å². The lowest BCUT2D eigenvalue weighted by atomic mass is 10.00. The van der Waals surface area contributed by atoms with Crippen LogP contribution in [-0.4, -0.2) is 11.1 Å². The Balaban J connectivity index is 2.08. The molecule has 0 spiro atoms. The van der Waals surface area contributed by atoms with Gasteiger partial charge in [0.25, 0.3) is 0 Å². The summed E-state index contributed by atoms with van der Waals surface area (Å²) in [4.78, 5) is 0. The van der Waals surface area contributed by atoms with E-state index in [4.69, 9.17) is 0 Å². The zero-order valence-corrected chi connectivity index (χ0v) is 10.2. The van der Waals surface area contributed by atoms with Crippen molar-refractivity contribution in [2.24, 2.45) is 5.92 Å². The highest BCUT2D eigenvalue weighted by atomic mass is 16.3. The Bertz CT molecular complexity index is 362. The van der Waals surface area contributed by atoms with E-state index < -0.39 is 0 Å². The van der Waals surface area contributed by atoms with Crippen LogP contribution in [0.1, 0.15) is 38.2 Å². The molecule has 0 aliphatic heterocycles. The zero-order valence-electron chi connectivity index (χ0n) is 10.2. The highest BCUT2D eigenvalue weighted by Gasteiger charge is 2.25. The molecule has 0 amide bonds. The second-order valence-electron chi connectivity index (χ2n) is 4.85. The molecule has 2 rings (SSSR count). The molecule has 1 aliphatic carbocycles. The van der Waals surface area contributed by atoms with Crippen LogP contribution in [0.5, 0.6) is 5.75 Å². The first-order valence-electron chi connectivity index (χ1n) is 6.27. The largest absolute Gasteiger partial charge is 0.508 e. The molecule has 88 valence electrons. The van der Waals surface area contributed by atoms with Gasteiger partial charge < -0.3 is 10.4 Å². The van der Waals surface area contributed by atoms with E-state index in [2.05, 4.69) is 12.2 Å². The number of phenols is 1. The molecule has 16 heavy (non-hydrogen) atoms. The van der Waals surface area contributed by atoms with Crippen LogP contribution in [-0.2, 0) is 0 Å². The fourth-order valence-corrected chi connectivity index (χ4v) is 2.73. The quantitative estimate of drug-likeness (QED) is 0.760. The Kier molecular flexibility index (Phi) is 3.37. The van der Waals surface area contributed by atoms with Crippen LogP contribution in [0.4, 0.5) is 5.69 Å². The molecule has 1 aliphatic rings. The van der Waals surface area contributed by atoms with Crippen LogP contribution in [0.25, 0.3) is 0 Å². The molecule has 2 N–H and O–H groups in total. The number of anilines is 1. The van der Waals surface area contributed by atoms with Gasteiger partial charge in [0.15, 0.2) is 0 Å².